The molecule has 4 amide bonds. The lowest BCUT2D eigenvalue weighted by molar-refractivity contribution is -0.122. The molecule has 0 aliphatic carbocycles. The number of urea groups is 1. The number of carboxylic acids is 1. The van der Waals surface area contributed by atoms with E-state index in [1.54, 1.807) is 48.5 Å². The molecule has 1 fully saturated rings. The molecule has 3 aromatic rings. The Balaban J connectivity index is 1.53. The third-order valence-corrected chi connectivity index (χ3v) is 6.07. The summed E-state index contributed by atoms with van der Waals surface area (Å²) in [6.45, 7) is 2.08. The van der Waals surface area contributed by atoms with Gasteiger partial charge in [0, 0.05) is 0 Å². The molecule has 1 aliphatic rings. The first-order chi connectivity index (χ1) is 16.7. The van der Waals surface area contributed by atoms with Gasteiger partial charge in [-0.05, 0) is 88.7 Å². The molecule has 0 spiro atoms. The third kappa shape index (κ3) is 5.40. The number of carboxylic acid groups (broad SMARTS) is 1. The van der Waals surface area contributed by atoms with Gasteiger partial charge in [-0.3, -0.25) is 14.9 Å². The van der Waals surface area contributed by atoms with Crippen molar-refractivity contribution in [1.82, 2.24) is 5.32 Å². The minimum atomic E-state index is -0.992. The number of barbiturate groups is 1. The summed E-state index contributed by atoms with van der Waals surface area (Å²) in [6, 6.07) is 17.7. The standard InChI is InChI=1S/C26H19IN2O6/c1-15-3-2-4-19(11-15)29-24(31)20(23(30)28-26(29)34)12-17-7-10-22(21(27)13-17)35-14-16-5-8-18(9-6-16)25(32)33/h2-13H,14H2,1H3,(H,32,33)(H,28,30,34)/b20-12+. The molecule has 1 saturated heterocycles. The Morgan fingerprint density at radius 1 is 1.06 bits per heavy atom. The first kappa shape index (κ1) is 24.1. The number of nitrogens with one attached hydrogen (secondary N) is 1. The van der Waals surface area contributed by atoms with Gasteiger partial charge < -0.3 is 9.84 Å². The number of hydrogen-bond donors (Lipinski definition) is 2. The zero-order valence-corrected chi connectivity index (χ0v) is 20.6. The fraction of sp³-hybridized carbons (Fsp3) is 0.0769. The molecule has 0 atom stereocenters. The zero-order chi connectivity index (χ0) is 25.1. The average Bonchev–Trinajstić information content (AvgIpc) is 2.81. The van der Waals surface area contributed by atoms with E-state index < -0.39 is 23.8 Å². The second kappa shape index (κ2) is 10.1. The molecule has 176 valence electrons. The molecule has 0 unspecified atom stereocenters. The van der Waals surface area contributed by atoms with Crippen LogP contribution in [0.4, 0.5) is 10.5 Å². The molecule has 1 heterocycles. The number of nitrogens with zero attached hydrogens (tertiary/aromatic N) is 1. The van der Waals surface area contributed by atoms with Crippen LogP contribution in [0, 0.1) is 10.5 Å². The van der Waals surface area contributed by atoms with Crippen LogP contribution in [0.25, 0.3) is 6.08 Å². The van der Waals surface area contributed by atoms with Crippen molar-refractivity contribution in [2.24, 2.45) is 0 Å². The first-order valence-corrected chi connectivity index (χ1v) is 11.5. The number of rotatable bonds is 6. The average molecular weight is 582 g/mol. The number of benzene rings is 3. The number of ether oxygens (including phenoxy) is 1. The maximum Gasteiger partial charge on any atom is 0.335 e. The van der Waals surface area contributed by atoms with Crippen LogP contribution in [0.5, 0.6) is 5.75 Å². The Kier molecular flexibility index (Phi) is 6.97. The smallest absolute Gasteiger partial charge is 0.335 e. The van der Waals surface area contributed by atoms with E-state index in [4.69, 9.17) is 9.84 Å². The lowest BCUT2D eigenvalue weighted by Crippen LogP contribution is -2.54. The fourth-order valence-electron chi connectivity index (χ4n) is 3.45. The van der Waals surface area contributed by atoms with Crippen LogP contribution in [0.3, 0.4) is 0 Å². The van der Waals surface area contributed by atoms with Gasteiger partial charge in [0.2, 0.25) is 0 Å². The van der Waals surface area contributed by atoms with Gasteiger partial charge in [-0.25, -0.2) is 14.5 Å². The Morgan fingerprint density at radius 3 is 2.46 bits per heavy atom. The number of carbonyl (C=O) groups excluding carboxylic acids is 3. The number of aryl methyl sites for hydroxylation is 1. The molecule has 9 heteroatoms. The Bertz CT molecular complexity index is 1380. The maximum absolute atomic E-state index is 13.1. The number of hydrogen-bond acceptors (Lipinski definition) is 5. The number of halogens is 1. The van der Waals surface area contributed by atoms with Gasteiger partial charge in [0.1, 0.15) is 17.9 Å². The zero-order valence-electron chi connectivity index (χ0n) is 18.4. The highest BCUT2D eigenvalue weighted by molar-refractivity contribution is 14.1. The van der Waals surface area contributed by atoms with Gasteiger partial charge in [-0.2, -0.15) is 0 Å². The lowest BCUT2D eigenvalue weighted by Gasteiger charge is -2.26. The van der Waals surface area contributed by atoms with Crippen molar-refractivity contribution < 1.29 is 29.0 Å². The third-order valence-electron chi connectivity index (χ3n) is 5.22. The second-order valence-electron chi connectivity index (χ2n) is 7.78. The van der Waals surface area contributed by atoms with Gasteiger partial charge >= 0.3 is 12.0 Å². The molecule has 1 aliphatic heterocycles. The minimum Gasteiger partial charge on any atom is -0.488 e. The molecular formula is C26H19IN2O6. The van der Waals surface area contributed by atoms with Crippen molar-refractivity contribution >= 4 is 58.2 Å². The van der Waals surface area contributed by atoms with Gasteiger partial charge in [-0.1, -0.05) is 30.3 Å². The topological polar surface area (TPSA) is 113 Å². The summed E-state index contributed by atoms with van der Waals surface area (Å²) in [7, 11) is 0. The van der Waals surface area contributed by atoms with Crippen LogP contribution >= 0.6 is 22.6 Å². The molecule has 0 aromatic heterocycles. The number of anilines is 1. The number of aromatic carboxylic acids is 1. The maximum atomic E-state index is 13.1. The summed E-state index contributed by atoms with van der Waals surface area (Å²) in [5.41, 5.74) is 2.68. The highest BCUT2D eigenvalue weighted by Crippen LogP contribution is 2.26. The molecule has 0 saturated carbocycles. The van der Waals surface area contributed by atoms with Crippen LogP contribution in [0.15, 0.2) is 72.3 Å². The molecular weight excluding hydrogens is 563 g/mol. The van der Waals surface area contributed by atoms with E-state index in [1.165, 1.54) is 18.2 Å². The van der Waals surface area contributed by atoms with E-state index in [-0.39, 0.29) is 17.7 Å². The van der Waals surface area contributed by atoms with Gasteiger partial charge in [0.15, 0.2) is 0 Å². The van der Waals surface area contributed by atoms with Crippen LogP contribution in [0.2, 0.25) is 0 Å². The van der Waals surface area contributed by atoms with Gasteiger partial charge in [-0.15, -0.1) is 0 Å². The predicted molar refractivity (Wildman–Crippen MR) is 137 cm³/mol. The fourth-order valence-corrected chi connectivity index (χ4v) is 4.15. The Morgan fingerprint density at radius 2 is 1.80 bits per heavy atom. The molecule has 2 N–H and O–H groups in total. The van der Waals surface area contributed by atoms with Crippen LogP contribution in [0.1, 0.15) is 27.0 Å². The first-order valence-electron chi connectivity index (χ1n) is 10.5. The number of imide groups is 2. The minimum absolute atomic E-state index is 0.158. The van der Waals surface area contributed by atoms with Crippen molar-refractivity contribution in [1.29, 1.82) is 0 Å². The Hall–Kier alpha value is -3.99. The van der Waals surface area contributed by atoms with E-state index in [0.717, 1.165) is 19.6 Å². The predicted octanol–water partition coefficient (Wildman–Crippen LogP) is 4.54. The van der Waals surface area contributed by atoms with E-state index in [2.05, 4.69) is 27.9 Å². The highest BCUT2D eigenvalue weighted by atomic mass is 127. The van der Waals surface area contributed by atoms with E-state index in [1.807, 2.05) is 13.0 Å². The van der Waals surface area contributed by atoms with Crippen molar-refractivity contribution in [2.75, 3.05) is 4.90 Å². The summed E-state index contributed by atoms with van der Waals surface area (Å²) in [4.78, 5) is 49.8. The largest absolute Gasteiger partial charge is 0.488 e. The SMILES string of the molecule is Cc1cccc(N2C(=O)NC(=O)/C(=C\c3ccc(OCc4ccc(C(=O)O)cc4)c(I)c3)C2=O)c1. The summed E-state index contributed by atoms with van der Waals surface area (Å²) >= 11 is 2.09. The summed E-state index contributed by atoms with van der Waals surface area (Å²) in [5.74, 6) is -1.87. The molecule has 8 nitrogen and oxygen atoms in total. The number of carbonyl (C=O) groups is 4. The van der Waals surface area contributed by atoms with Crippen molar-refractivity contribution in [3.05, 3.63) is 98.1 Å². The highest BCUT2D eigenvalue weighted by Gasteiger charge is 2.36. The molecule has 0 bridgehead atoms. The van der Waals surface area contributed by atoms with Crippen molar-refractivity contribution in [2.45, 2.75) is 13.5 Å². The monoisotopic (exact) mass is 582 g/mol. The van der Waals surface area contributed by atoms with E-state index >= 15 is 0 Å². The van der Waals surface area contributed by atoms with Gasteiger partial charge in [0.25, 0.3) is 11.8 Å². The molecule has 3 aromatic carbocycles. The van der Waals surface area contributed by atoms with Crippen molar-refractivity contribution in [3.63, 3.8) is 0 Å². The van der Waals surface area contributed by atoms with Crippen LogP contribution < -0.4 is 15.0 Å². The molecule has 4 rings (SSSR count). The van der Waals surface area contributed by atoms with Gasteiger partial charge in [0.05, 0.1) is 14.8 Å². The quantitative estimate of drug-likeness (QED) is 0.251. The Labute approximate surface area is 214 Å². The molecule has 35 heavy (non-hydrogen) atoms. The lowest BCUT2D eigenvalue weighted by atomic mass is 10.1. The second-order valence-corrected chi connectivity index (χ2v) is 8.94. The summed E-state index contributed by atoms with van der Waals surface area (Å²) in [6.07, 6.45) is 1.43. The number of amides is 4. The normalized spacial score (nSPS) is 14.7. The van der Waals surface area contributed by atoms with E-state index in [9.17, 15) is 19.2 Å². The van der Waals surface area contributed by atoms with Crippen LogP contribution in [-0.2, 0) is 16.2 Å². The summed E-state index contributed by atoms with van der Waals surface area (Å²) < 4.78 is 6.58. The van der Waals surface area contributed by atoms with Crippen molar-refractivity contribution in [3.8, 4) is 5.75 Å². The van der Waals surface area contributed by atoms with E-state index in [0.29, 0.717) is 17.0 Å². The summed E-state index contributed by atoms with van der Waals surface area (Å²) in [5, 5.41) is 11.2. The van der Waals surface area contributed by atoms with Crippen LogP contribution in [-0.4, -0.2) is 28.9 Å². The molecule has 0 radical (unpaired) electrons.